The Kier molecular flexibility index (Phi) is 3.39. The number of pyridine rings is 1. The van der Waals surface area contributed by atoms with Crippen LogP contribution in [0.25, 0.3) is 0 Å². The highest BCUT2D eigenvalue weighted by Crippen LogP contribution is 2.13. The second kappa shape index (κ2) is 4.96. The molecule has 0 aromatic carbocycles. The summed E-state index contributed by atoms with van der Waals surface area (Å²) in [6.45, 7) is 2.75. The van der Waals surface area contributed by atoms with Gasteiger partial charge in [-0.05, 0) is 31.9 Å². The number of carbonyl (C=O) groups excluding carboxylic acids is 1. The predicted octanol–water partition coefficient (Wildman–Crippen LogP) is 1.47. The van der Waals surface area contributed by atoms with Crippen molar-refractivity contribution in [1.82, 2.24) is 10.3 Å². The van der Waals surface area contributed by atoms with E-state index in [2.05, 4.69) is 15.6 Å². The fraction of sp³-hybridized carbons (Fsp3) is 0.500. The molecule has 2 rings (SSSR count). The second-order valence-electron chi connectivity index (χ2n) is 4.20. The molecular formula is C12H17N3O. The van der Waals surface area contributed by atoms with E-state index in [1.54, 1.807) is 0 Å². The number of hydrogen-bond donors (Lipinski definition) is 2. The van der Waals surface area contributed by atoms with Gasteiger partial charge in [0, 0.05) is 24.7 Å². The van der Waals surface area contributed by atoms with Crippen LogP contribution in [-0.2, 0) is 4.79 Å². The van der Waals surface area contributed by atoms with Crippen molar-refractivity contribution < 1.29 is 4.79 Å². The van der Waals surface area contributed by atoms with Crippen molar-refractivity contribution in [2.75, 3.05) is 11.9 Å². The maximum atomic E-state index is 11.4. The topological polar surface area (TPSA) is 54.0 Å². The van der Waals surface area contributed by atoms with Crippen molar-refractivity contribution >= 4 is 11.7 Å². The van der Waals surface area contributed by atoms with Crippen LogP contribution in [0.15, 0.2) is 18.2 Å². The number of aromatic nitrogens is 1. The molecule has 1 fully saturated rings. The monoisotopic (exact) mass is 219 g/mol. The minimum atomic E-state index is 0.127. The van der Waals surface area contributed by atoms with Crippen molar-refractivity contribution in [3.05, 3.63) is 23.9 Å². The van der Waals surface area contributed by atoms with E-state index in [1.807, 2.05) is 25.1 Å². The number of nitrogens with zero attached hydrogens (tertiary/aromatic N) is 1. The third-order valence-corrected chi connectivity index (χ3v) is 2.72. The van der Waals surface area contributed by atoms with Crippen LogP contribution >= 0.6 is 0 Å². The first-order chi connectivity index (χ1) is 7.74. The molecule has 4 nitrogen and oxygen atoms in total. The van der Waals surface area contributed by atoms with E-state index in [9.17, 15) is 4.79 Å². The SMILES string of the molecule is Cc1cccc(NC2CCCNC(=O)C2)n1. The summed E-state index contributed by atoms with van der Waals surface area (Å²) < 4.78 is 0. The van der Waals surface area contributed by atoms with Crippen molar-refractivity contribution in [2.45, 2.75) is 32.2 Å². The third-order valence-electron chi connectivity index (χ3n) is 2.72. The third kappa shape index (κ3) is 2.95. The molecule has 1 atom stereocenters. The van der Waals surface area contributed by atoms with Gasteiger partial charge < -0.3 is 10.6 Å². The number of nitrogens with one attached hydrogen (secondary N) is 2. The maximum absolute atomic E-state index is 11.4. The van der Waals surface area contributed by atoms with Crippen molar-refractivity contribution in [1.29, 1.82) is 0 Å². The van der Waals surface area contributed by atoms with E-state index in [-0.39, 0.29) is 11.9 Å². The molecule has 2 heterocycles. The number of rotatable bonds is 2. The molecule has 1 aromatic rings. The molecule has 1 aliphatic heterocycles. The van der Waals surface area contributed by atoms with E-state index >= 15 is 0 Å². The highest BCUT2D eigenvalue weighted by atomic mass is 16.1. The zero-order valence-electron chi connectivity index (χ0n) is 9.49. The molecule has 0 aliphatic carbocycles. The van der Waals surface area contributed by atoms with E-state index in [1.165, 1.54) is 0 Å². The van der Waals surface area contributed by atoms with Gasteiger partial charge in [0.25, 0.3) is 0 Å². The summed E-state index contributed by atoms with van der Waals surface area (Å²) >= 11 is 0. The van der Waals surface area contributed by atoms with Gasteiger partial charge in [0.1, 0.15) is 5.82 Å². The number of carbonyl (C=O) groups is 1. The van der Waals surface area contributed by atoms with Gasteiger partial charge in [-0.3, -0.25) is 4.79 Å². The van der Waals surface area contributed by atoms with Crippen LogP contribution < -0.4 is 10.6 Å². The van der Waals surface area contributed by atoms with Crippen LogP contribution in [0.4, 0.5) is 5.82 Å². The number of aryl methyl sites for hydroxylation is 1. The molecule has 1 saturated heterocycles. The normalized spacial score (nSPS) is 21.1. The zero-order chi connectivity index (χ0) is 11.4. The van der Waals surface area contributed by atoms with Crippen LogP contribution in [0.3, 0.4) is 0 Å². The van der Waals surface area contributed by atoms with Crippen LogP contribution in [0, 0.1) is 6.92 Å². The lowest BCUT2D eigenvalue weighted by atomic mass is 10.1. The first kappa shape index (κ1) is 10.9. The molecule has 0 spiro atoms. The summed E-state index contributed by atoms with van der Waals surface area (Å²) in [5.74, 6) is 0.988. The number of hydrogen-bond acceptors (Lipinski definition) is 3. The standard InChI is InChI=1S/C12H17N3O/c1-9-4-2-6-11(14-9)15-10-5-3-7-13-12(16)8-10/h2,4,6,10H,3,5,7-8H2,1H3,(H,13,16)(H,14,15). The van der Waals surface area contributed by atoms with Gasteiger partial charge >= 0.3 is 0 Å². The van der Waals surface area contributed by atoms with Crippen LogP contribution in [0.2, 0.25) is 0 Å². The highest BCUT2D eigenvalue weighted by molar-refractivity contribution is 5.77. The molecule has 86 valence electrons. The predicted molar refractivity (Wildman–Crippen MR) is 63.2 cm³/mol. The number of amides is 1. The number of anilines is 1. The second-order valence-corrected chi connectivity index (χ2v) is 4.20. The average Bonchev–Trinajstić information content (AvgIpc) is 2.43. The molecule has 1 unspecified atom stereocenters. The van der Waals surface area contributed by atoms with Gasteiger partial charge in [0.05, 0.1) is 0 Å². The Labute approximate surface area is 95.5 Å². The first-order valence-corrected chi connectivity index (χ1v) is 5.71. The van der Waals surface area contributed by atoms with Gasteiger partial charge in [-0.2, -0.15) is 0 Å². The summed E-state index contributed by atoms with van der Waals surface area (Å²) in [5.41, 5.74) is 0.989. The van der Waals surface area contributed by atoms with Crippen LogP contribution in [-0.4, -0.2) is 23.5 Å². The van der Waals surface area contributed by atoms with E-state index < -0.39 is 0 Å². The lowest BCUT2D eigenvalue weighted by Gasteiger charge is -2.15. The quantitative estimate of drug-likeness (QED) is 0.792. The fourth-order valence-corrected chi connectivity index (χ4v) is 1.93. The Morgan fingerprint density at radius 2 is 2.38 bits per heavy atom. The molecule has 0 bridgehead atoms. The summed E-state index contributed by atoms with van der Waals surface area (Å²) in [7, 11) is 0. The molecule has 1 amide bonds. The molecular weight excluding hydrogens is 202 g/mol. The smallest absolute Gasteiger partial charge is 0.222 e. The summed E-state index contributed by atoms with van der Waals surface area (Å²) in [5, 5.41) is 6.19. The van der Waals surface area contributed by atoms with Gasteiger partial charge in [0.15, 0.2) is 0 Å². The zero-order valence-corrected chi connectivity index (χ0v) is 9.49. The molecule has 0 saturated carbocycles. The molecule has 4 heteroatoms. The van der Waals surface area contributed by atoms with Crippen molar-refractivity contribution in [3.8, 4) is 0 Å². The van der Waals surface area contributed by atoms with E-state index in [4.69, 9.17) is 0 Å². The highest BCUT2D eigenvalue weighted by Gasteiger charge is 2.17. The van der Waals surface area contributed by atoms with E-state index in [0.29, 0.717) is 6.42 Å². The first-order valence-electron chi connectivity index (χ1n) is 5.71. The Hall–Kier alpha value is -1.58. The largest absolute Gasteiger partial charge is 0.367 e. The Bertz CT molecular complexity index is 378. The minimum Gasteiger partial charge on any atom is -0.367 e. The molecule has 2 N–H and O–H groups in total. The molecule has 0 radical (unpaired) electrons. The summed E-state index contributed by atoms with van der Waals surface area (Å²) in [6, 6.07) is 6.08. The molecule has 1 aromatic heterocycles. The summed E-state index contributed by atoms with van der Waals surface area (Å²) in [6.07, 6.45) is 2.57. The Morgan fingerprint density at radius 3 is 3.19 bits per heavy atom. The lowest BCUT2D eigenvalue weighted by Crippen LogP contribution is -2.27. The summed E-state index contributed by atoms with van der Waals surface area (Å²) in [4.78, 5) is 15.8. The van der Waals surface area contributed by atoms with Gasteiger partial charge in [-0.25, -0.2) is 4.98 Å². The fourth-order valence-electron chi connectivity index (χ4n) is 1.93. The van der Waals surface area contributed by atoms with Gasteiger partial charge in [0.2, 0.25) is 5.91 Å². The lowest BCUT2D eigenvalue weighted by molar-refractivity contribution is -0.120. The van der Waals surface area contributed by atoms with Crippen LogP contribution in [0.1, 0.15) is 25.0 Å². The van der Waals surface area contributed by atoms with Crippen molar-refractivity contribution in [2.24, 2.45) is 0 Å². The average molecular weight is 219 g/mol. The maximum Gasteiger partial charge on any atom is 0.222 e. The minimum absolute atomic E-state index is 0.127. The molecule has 1 aliphatic rings. The Balaban J connectivity index is 2.00. The van der Waals surface area contributed by atoms with Gasteiger partial charge in [-0.15, -0.1) is 0 Å². The van der Waals surface area contributed by atoms with Crippen molar-refractivity contribution in [3.63, 3.8) is 0 Å². The molecule has 16 heavy (non-hydrogen) atoms. The van der Waals surface area contributed by atoms with E-state index in [0.717, 1.165) is 30.9 Å². The van der Waals surface area contributed by atoms with Crippen LogP contribution in [0.5, 0.6) is 0 Å². The van der Waals surface area contributed by atoms with Gasteiger partial charge in [-0.1, -0.05) is 6.07 Å². The Morgan fingerprint density at radius 1 is 1.50 bits per heavy atom.